The van der Waals surface area contributed by atoms with Crippen LogP contribution in [0, 0.1) is 0 Å². The first-order chi connectivity index (χ1) is 8.54. The zero-order valence-electron chi connectivity index (χ0n) is 10.6. The molecule has 1 heterocycles. The molecule has 0 aromatic carbocycles. The number of rotatable bonds is 5. The molecule has 0 radical (unpaired) electrons. The highest BCUT2D eigenvalue weighted by molar-refractivity contribution is 7.98. The predicted octanol–water partition coefficient (Wildman–Crippen LogP) is 0.325. The van der Waals surface area contributed by atoms with Crippen molar-refractivity contribution in [2.75, 3.05) is 25.1 Å². The fourth-order valence-corrected chi connectivity index (χ4v) is 2.40. The van der Waals surface area contributed by atoms with Gasteiger partial charge in [0.05, 0.1) is 0 Å². The summed E-state index contributed by atoms with van der Waals surface area (Å²) in [4.78, 5) is 24.5. The molecule has 1 saturated heterocycles. The topological polar surface area (TPSA) is 95.7 Å². The number of aliphatic carboxylic acids is 1. The molecule has 2 atom stereocenters. The Labute approximate surface area is 111 Å². The van der Waals surface area contributed by atoms with E-state index in [0.717, 1.165) is 12.8 Å². The molecule has 18 heavy (non-hydrogen) atoms. The third kappa shape index (κ3) is 4.73. The molecule has 1 aliphatic rings. The highest BCUT2D eigenvalue weighted by Gasteiger charge is 2.25. The van der Waals surface area contributed by atoms with Gasteiger partial charge in [0, 0.05) is 19.1 Å². The van der Waals surface area contributed by atoms with Crippen LogP contribution in [0.25, 0.3) is 0 Å². The van der Waals surface area contributed by atoms with Crippen LogP contribution in [0.2, 0.25) is 0 Å². The van der Waals surface area contributed by atoms with Gasteiger partial charge in [0.1, 0.15) is 6.04 Å². The minimum absolute atomic E-state index is 0.000949. The van der Waals surface area contributed by atoms with E-state index in [9.17, 15) is 9.59 Å². The summed E-state index contributed by atoms with van der Waals surface area (Å²) in [6.45, 7) is 1.15. The van der Waals surface area contributed by atoms with Crippen LogP contribution in [-0.2, 0) is 4.79 Å². The molecule has 4 N–H and O–H groups in total. The lowest BCUT2D eigenvalue weighted by Gasteiger charge is -2.31. The number of nitrogens with zero attached hydrogens (tertiary/aromatic N) is 1. The van der Waals surface area contributed by atoms with Gasteiger partial charge in [0.2, 0.25) is 0 Å². The molecule has 104 valence electrons. The van der Waals surface area contributed by atoms with Crippen LogP contribution in [0.4, 0.5) is 4.79 Å². The SMILES string of the molecule is CSCCC(NC(=O)N1CCCC(N)C1)C(=O)O. The molecule has 0 aromatic heterocycles. The molecular formula is C11H21N3O3S. The number of amides is 2. The van der Waals surface area contributed by atoms with Crippen LogP contribution in [0.3, 0.4) is 0 Å². The minimum Gasteiger partial charge on any atom is -0.480 e. The van der Waals surface area contributed by atoms with Gasteiger partial charge in [-0.1, -0.05) is 0 Å². The summed E-state index contributed by atoms with van der Waals surface area (Å²) >= 11 is 1.56. The number of likely N-dealkylation sites (tertiary alicyclic amines) is 1. The minimum atomic E-state index is -0.987. The Balaban J connectivity index is 2.46. The van der Waals surface area contributed by atoms with Crippen molar-refractivity contribution < 1.29 is 14.7 Å². The van der Waals surface area contributed by atoms with E-state index in [1.807, 2.05) is 6.26 Å². The van der Waals surface area contributed by atoms with Crippen molar-refractivity contribution >= 4 is 23.8 Å². The van der Waals surface area contributed by atoms with Gasteiger partial charge in [-0.3, -0.25) is 0 Å². The maximum Gasteiger partial charge on any atom is 0.326 e. The number of carboxylic acid groups (broad SMARTS) is 1. The largest absolute Gasteiger partial charge is 0.480 e. The molecule has 6 nitrogen and oxygen atoms in total. The van der Waals surface area contributed by atoms with Crippen LogP contribution in [0.5, 0.6) is 0 Å². The molecular weight excluding hydrogens is 254 g/mol. The Bertz CT molecular complexity index is 301. The van der Waals surface area contributed by atoms with Crippen molar-refractivity contribution in [1.82, 2.24) is 10.2 Å². The molecule has 0 aliphatic carbocycles. The highest BCUT2D eigenvalue weighted by Crippen LogP contribution is 2.09. The fourth-order valence-electron chi connectivity index (χ4n) is 1.93. The number of carboxylic acids is 1. The second-order valence-electron chi connectivity index (χ2n) is 4.47. The second-order valence-corrected chi connectivity index (χ2v) is 5.46. The molecule has 7 heteroatoms. The number of thioether (sulfide) groups is 1. The zero-order valence-corrected chi connectivity index (χ0v) is 11.4. The second kappa shape index (κ2) is 7.48. The standard InChI is InChI=1S/C11H21N3O3S/c1-18-6-4-9(10(15)16)13-11(17)14-5-2-3-8(12)7-14/h8-9H,2-7,12H2,1H3,(H,13,17)(H,15,16). The van der Waals surface area contributed by atoms with E-state index in [-0.39, 0.29) is 12.1 Å². The summed E-state index contributed by atoms with van der Waals surface area (Å²) in [6.07, 6.45) is 4.13. The maximum atomic E-state index is 11.9. The Hall–Kier alpha value is -0.950. The van der Waals surface area contributed by atoms with Crippen molar-refractivity contribution in [3.63, 3.8) is 0 Å². The summed E-state index contributed by atoms with van der Waals surface area (Å²) in [5, 5.41) is 11.6. The lowest BCUT2D eigenvalue weighted by molar-refractivity contribution is -0.139. The molecule has 1 rings (SSSR count). The molecule has 1 aliphatic heterocycles. The summed E-state index contributed by atoms with van der Waals surface area (Å²) in [7, 11) is 0. The molecule has 2 amide bonds. The average Bonchev–Trinajstić information content (AvgIpc) is 2.33. The number of piperidine rings is 1. The Morgan fingerprint density at radius 2 is 2.33 bits per heavy atom. The van der Waals surface area contributed by atoms with Gasteiger partial charge in [-0.15, -0.1) is 0 Å². The number of nitrogens with one attached hydrogen (secondary N) is 1. The monoisotopic (exact) mass is 275 g/mol. The van der Waals surface area contributed by atoms with Crippen LogP contribution in [-0.4, -0.2) is 59.2 Å². The van der Waals surface area contributed by atoms with Crippen molar-refractivity contribution in [3.05, 3.63) is 0 Å². The van der Waals surface area contributed by atoms with E-state index in [4.69, 9.17) is 10.8 Å². The van der Waals surface area contributed by atoms with Gasteiger partial charge in [-0.05, 0) is 31.3 Å². The van der Waals surface area contributed by atoms with E-state index in [1.165, 1.54) is 0 Å². The lowest BCUT2D eigenvalue weighted by atomic mass is 10.1. The molecule has 0 aromatic rings. The van der Waals surface area contributed by atoms with E-state index in [0.29, 0.717) is 25.3 Å². The van der Waals surface area contributed by atoms with E-state index >= 15 is 0 Å². The molecule has 0 bridgehead atoms. The summed E-state index contributed by atoms with van der Waals surface area (Å²) in [5.41, 5.74) is 5.79. The van der Waals surface area contributed by atoms with E-state index in [1.54, 1.807) is 16.7 Å². The van der Waals surface area contributed by atoms with Crippen LogP contribution >= 0.6 is 11.8 Å². The number of hydrogen-bond acceptors (Lipinski definition) is 4. The Kier molecular flexibility index (Phi) is 6.28. The number of nitrogens with two attached hydrogens (primary N) is 1. The van der Waals surface area contributed by atoms with Gasteiger partial charge < -0.3 is 21.1 Å². The third-order valence-corrected chi connectivity index (χ3v) is 3.60. The average molecular weight is 275 g/mol. The molecule has 1 fully saturated rings. The van der Waals surface area contributed by atoms with Crippen molar-refractivity contribution in [1.29, 1.82) is 0 Å². The van der Waals surface area contributed by atoms with Gasteiger partial charge in [-0.25, -0.2) is 9.59 Å². The highest BCUT2D eigenvalue weighted by atomic mass is 32.2. The quantitative estimate of drug-likeness (QED) is 0.672. The van der Waals surface area contributed by atoms with Gasteiger partial charge in [0.15, 0.2) is 0 Å². The van der Waals surface area contributed by atoms with Gasteiger partial charge >= 0.3 is 12.0 Å². The van der Waals surface area contributed by atoms with Crippen molar-refractivity contribution in [2.24, 2.45) is 5.73 Å². The van der Waals surface area contributed by atoms with Crippen LogP contribution in [0.1, 0.15) is 19.3 Å². The lowest BCUT2D eigenvalue weighted by Crippen LogP contribution is -2.53. The van der Waals surface area contributed by atoms with Crippen LogP contribution in [0.15, 0.2) is 0 Å². The number of urea groups is 1. The van der Waals surface area contributed by atoms with E-state index < -0.39 is 12.0 Å². The van der Waals surface area contributed by atoms with Crippen LogP contribution < -0.4 is 11.1 Å². The molecule has 0 saturated carbocycles. The van der Waals surface area contributed by atoms with Crippen molar-refractivity contribution in [2.45, 2.75) is 31.3 Å². The molecule has 0 spiro atoms. The van der Waals surface area contributed by atoms with Gasteiger partial charge in [-0.2, -0.15) is 11.8 Å². The first kappa shape index (κ1) is 15.1. The van der Waals surface area contributed by atoms with Crippen molar-refractivity contribution in [3.8, 4) is 0 Å². The number of carbonyl (C=O) groups is 2. The third-order valence-electron chi connectivity index (χ3n) is 2.95. The first-order valence-corrected chi connectivity index (χ1v) is 7.46. The summed E-state index contributed by atoms with van der Waals surface area (Å²) in [5.74, 6) is -0.282. The fraction of sp³-hybridized carbons (Fsp3) is 0.818. The number of hydrogen-bond donors (Lipinski definition) is 3. The number of carbonyl (C=O) groups excluding carboxylic acids is 1. The Morgan fingerprint density at radius 1 is 1.61 bits per heavy atom. The van der Waals surface area contributed by atoms with E-state index in [2.05, 4.69) is 5.32 Å². The maximum absolute atomic E-state index is 11.9. The zero-order chi connectivity index (χ0) is 13.5. The normalized spacial score (nSPS) is 21.4. The summed E-state index contributed by atoms with van der Waals surface area (Å²) < 4.78 is 0. The summed E-state index contributed by atoms with van der Waals surface area (Å²) in [6, 6.07) is -1.14. The molecule has 2 unspecified atom stereocenters. The smallest absolute Gasteiger partial charge is 0.326 e. The van der Waals surface area contributed by atoms with Gasteiger partial charge in [0.25, 0.3) is 0 Å². The predicted molar refractivity (Wildman–Crippen MR) is 71.7 cm³/mol. The first-order valence-electron chi connectivity index (χ1n) is 6.07. The Morgan fingerprint density at radius 3 is 2.89 bits per heavy atom.